The lowest BCUT2D eigenvalue weighted by Crippen LogP contribution is -2.31. The summed E-state index contributed by atoms with van der Waals surface area (Å²) in [6.07, 6.45) is -0.289. The molecular formula is C6H11NO4. The Hall–Kier alpha value is -1.10. The highest BCUT2D eigenvalue weighted by atomic mass is 16.7. The summed E-state index contributed by atoms with van der Waals surface area (Å²) in [5, 5.41) is 8.34. The van der Waals surface area contributed by atoms with E-state index >= 15 is 0 Å². The molecule has 0 radical (unpaired) electrons. The number of carbonyl (C=O) groups is 2. The van der Waals surface area contributed by atoms with Crippen LogP contribution in [-0.2, 0) is 14.4 Å². The molecule has 0 aromatic heterocycles. The third-order valence-electron chi connectivity index (χ3n) is 1.25. The molecule has 5 nitrogen and oxygen atoms in total. The number of carboxylic acids is 1. The smallest absolute Gasteiger partial charge is 0.330 e. The fourth-order valence-corrected chi connectivity index (χ4v) is 0.610. The highest BCUT2D eigenvalue weighted by Gasteiger charge is 2.31. The SMILES string of the molecule is CC(C)(CC(=O)O)C(=O)ON. The molecule has 0 fully saturated rings. The van der Waals surface area contributed by atoms with Crippen LogP contribution in [0.15, 0.2) is 0 Å². The van der Waals surface area contributed by atoms with E-state index in [4.69, 9.17) is 5.11 Å². The van der Waals surface area contributed by atoms with Crippen molar-refractivity contribution in [2.45, 2.75) is 20.3 Å². The molecule has 11 heavy (non-hydrogen) atoms. The molecule has 0 spiro atoms. The molecule has 0 rings (SSSR count). The van der Waals surface area contributed by atoms with Crippen molar-refractivity contribution in [3.05, 3.63) is 0 Å². The first-order chi connectivity index (χ1) is 4.90. The first kappa shape index (κ1) is 9.90. The molecule has 0 bridgehead atoms. The third kappa shape index (κ3) is 2.99. The van der Waals surface area contributed by atoms with Gasteiger partial charge in [-0.15, -0.1) is 0 Å². The molecule has 0 heterocycles. The Balaban J connectivity index is 4.21. The van der Waals surface area contributed by atoms with Crippen LogP contribution in [0.5, 0.6) is 0 Å². The van der Waals surface area contributed by atoms with E-state index in [1.165, 1.54) is 13.8 Å². The van der Waals surface area contributed by atoms with Crippen molar-refractivity contribution in [2.75, 3.05) is 0 Å². The Morgan fingerprint density at radius 3 is 2.27 bits per heavy atom. The van der Waals surface area contributed by atoms with Gasteiger partial charge in [0.15, 0.2) is 0 Å². The van der Waals surface area contributed by atoms with Crippen LogP contribution in [0.4, 0.5) is 0 Å². The predicted molar refractivity (Wildman–Crippen MR) is 36.3 cm³/mol. The van der Waals surface area contributed by atoms with Gasteiger partial charge in [-0.3, -0.25) is 4.79 Å². The van der Waals surface area contributed by atoms with Crippen LogP contribution in [0.25, 0.3) is 0 Å². The van der Waals surface area contributed by atoms with Gasteiger partial charge in [-0.25, -0.2) is 4.79 Å². The Morgan fingerprint density at radius 2 is 2.00 bits per heavy atom. The second-order valence-corrected chi connectivity index (χ2v) is 2.86. The fourth-order valence-electron chi connectivity index (χ4n) is 0.610. The summed E-state index contributed by atoms with van der Waals surface area (Å²) in [6, 6.07) is 0. The summed E-state index contributed by atoms with van der Waals surface area (Å²) in [4.78, 5) is 24.9. The number of hydrogen-bond acceptors (Lipinski definition) is 4. The molecular weight excluding hydrogens is 150 g/mol. The van der Waals surface area contributed by atoms with E-state index in [-0.39, 0.29) is 6.42 Å². The fraction of sp³-hybridized carbons (Fsp3) is 0.667. The van der Waals surface area contributed by atoms with Gasteiger partial charge in [0.05, 0.1) is 11.8 Å². The summed E-state index contributed by atoms with van der Waals surface area (Å²) < 4.78 is 0. The molecule has 0 aliphatic rings. The molecule has 0 atom stereocenters. The van der Waals surface area contributed by atoms with Crippen molar-refractivity contribution in [2.24, 2.45) is 11.3 Å². The molecule has 0 aromatic carbocycles. The van der Waals surface area contributed by atoms with E-state index in [0.29, 0.717) is 0 Å². The van der Waals surface area contributed by atoms with E-state index in [9.17, 15) is 9.59 Å². The maximum absolute atomic E-state index is 10.8. The lowest BCUT2D eigenvalue weighted by atomic mass is 9.90. The van der Waals surface area contributed by atoms with Crippen LogP contribution in [0, 0.1) is 5.41 Å². The minimum atomic E-state index is -1.06. The van der Waals surface area contributed by atoms with Crippen molar-refractivity contribution >= 4 is 11.9 Å². The van der Waals surface area contributed by atoms with E-state index < -0.39 is 17.4 Å². The van der Waals surface area contributed by atoms with Crippen LogP contribution in [-0.4, -0.2) is 17.0 Å². The maximum Gasteiger partial charge on any atom is 0.330 e. The van der Waals surface area contributed by atoms with E-state index in [2.05, 4.69) is 10.7 Å². The second-order valence-electron chi connectivity index (χ2n) is 2.86. The Bertz CT molecular complexity index is 175. The van der Waals surface area contributed by atoms with Gasteiger partial charge in [-0.05, 0) is 13.8 Å². The molecule has 0 aliphatic carbocycles. The zero-order valence-corrected chi connectivity index (χ0v) is 6.46. The zero-order chi connectivity index (χ0) is 9.07. The van der Waals surface area contributed by atoms with Crippen LogP contribution in [0.2, 0.25) is 0 Å². The topological polar surface area (TPSA) is 89.6 Å². The minimum absolute atomic E-state index is 0.289. The first-order valence-corrected chi connectivity index (χ1v) is 3.03. The summed E-state index contributed by atoms with van der Waals surface area (Å²) >= 11 is 0. The van der Waals surface area contributed by atoms with Gasteiger partial charge in [0, 0.05) is 0 Å². The average Bonchev–Trinajstić information content (AvgIpc) is 1.83. The van der Waals surface area contributed by atoms with Crippen LogP contribution in [0.3, 0.4) is 0 Å². The van der Waals surface area contributed by atoms with Gasteiger partial charge in [-0.2, -0.15) is 5.90 Å². The molecule has 0 amide bonds. The maximum atomic E-state index is 10.8. The molecule has 0 unspecified atom stereocenters. The highest BCUT2D eigenvalue weighted by Crippen LogP contribution is 2.20. The van der Waals surface area contributed by atoms with Gasteiger partial charge in [-0.1, -0.05) is 0 Å². The zero-order valence-electron chi connectivity index (χ0n) is 6.46. The van der Waals surface area contributed by atoms with Crippen molar-refractivity contribution in [1.82, 2.24) is 0 Å². The van der Waals surface area contributed by atoms with E-state index in [1.807, 2.05) is 0 Å². The summed E-state index contributed by atoms with van der Waals surface area (Å²) in [5.74, 6) is 2.81. The Kier molecular flexibility index (Phi) is 3.00. The monoisotopic (exact) mass is 161 g/mol. The standard InChI is InChI=1S/C6H11NO4/c1-6(2,3-4(8)9)5(10)11-7/h3,7H2,1-2H3,(H,8,9). The predicted octanol–water partition coefficient (Wildman–Crippen LogP) is -0.0958. The second kappa shape index (κ2) is 3.34. The number of carboxylic acid groups (broad SMARTS) is 1. The average molecular weight is 161 g/mol. The lowest BCUT2D eigenvalue weighted by molar-refractivity contribution is -0.159. The van der Waals surface area contributed by atoms with E-state index in [1.54, 1.807) is 0 Å². The molecule has 0 aliphatic heterocycles. The van der Waals surface area contributed by atoms with Gasteiger partial charge in [0.25, 0.3) is 0 Å². The van der Waals surface area contributed by atoms with Gasteiger partial charge in [0.1, 0.15) is 0 Å². The van der Waals surface area contributed by atoms with Gasteiger partial charge >= 0.3 is 11.9 Å². The van der Waals surface area contributed by atoms with Gasteiger partial charge in [0.2, 0.25) is 0 Å². The normalized spacial score (nSPS) is 10.8. The highest BCUT2D eigenvalue weighted by molar-refractivity contribution is 5.81. The first-order valence-electron chi connectivity index (χ1n) is 3.03. The quantitative estimate of drug-likeness (QED) is 0.564. The summed E-state index contributed by atoms with van der Waals surface area (Å²) in [5.41, 5.74) is -1.05. The number of aliphatic carboxylic acids is 1. The van der Waals surface area contributed by atoms with Crippen LogP contribution in [0.1, 0.15) is 20.3 Å². The van der Waals surface area contributed by atoms with E-state index in [0.717, 1.165) is 0 Å². The minimum Gasteiger partial charge on any atom is -0.481 e. The number of rotatable bonds is 3. The number of nitrogens with two attached hydrogens (primary N) is 1. The van der Waals surface area contributed by atoms with Crippen molar-refractivity contribution < 1.29 is 19.5 Å². The van der Waals surface area contributed by atoms with Crippen molar-refractivity contribution in [3.8, 4) is 0 Å². The van der Waals surface area contributed by atoms with Crippen molar-refractivity contribution in [1.29, 1.82) is 0 Å². The Labute approximate surface area is 64.1 Å². The number of hydrogen-bond donors (Lipinski definition) is 2. The third-order valence-corrected chi connectivity index (χ3v) is 1.25. The number of carbonyl (C=O) groups excluding carboxylic acids is 1. The largest absolute Gasteiger partial charge is 0.481 e. The molecule has 0 aromatic rings. The molecule has 3 N–H and O–H groups in total. The van der Waals surface area contributed by atoms with Crippen LogP contribution >= 0.6 is 0 Å². The Morgan fingerprint density at radius 1 is 1.55 bits per heavy atom. The summed E-state index contributed by atoms with van der Waals surface area (Å²) in [7, 11) is 0. The van der Waals surface area contributed by atoms with Crippen LogP contribution < -0.4 is 5.90 Å². The van der Waals surface area contributed by atoms with Crippen molar-refractivity contribution in [3.63, 3.8) is 0 Å². The molecule has 0 saturated heterocycles. The molecule has 0 saturated carbocycles. The lowest BCUT2D eigenvalue weighted by Gasteiger charge is -2.17. The molecule has 5 heteroatoms. The summed E-state index contributed by atoms with van der Waals surface area (Å²) in [6.45, 7) is 2.91. The molecule has 64 valence electrons. The van der Waals surface area contributed by atoms with Gasteiger partial charge < -0.3 is 9.94 Å².